The minimum absolute atomic E-state index is 0.0416. The van der Waals surface area contributed by atoms with Crippen molar-refractivity contribution in [2.75, 3.05) is 17.7 Å². The number of pyridine rings is 1. The molecule has 2 unspecified atom stereocenters. The van der Waals surface area contributed by atoms with Gasteiger partial charge in [-0.3, -0.25) is 4.79 Å². The molecule has 10 heteroatoms. The Hall–Kier alpha value is -3.40. The molecule has 3 heterocycles. The Morgan fingerprint density at radius 2 is 2.16 bits per heavy atom. The number of rotatable bonds is 7. The van der Waals surface area contributed by atoms with E-state index in [1.165, 1.54) is 6.20 Å². The lowest BCUT2D eigenvalue weighted by Crippen LogP contribution is -2.33. The maximum Gasteiger partial charge on any atom is 0.256 e. The molecule has 31 heavy (non-hydrogen) atoms. The highest BCUT2D eigenvalue weighted by atomic mass is 16.5. The zero-order valence-electron chi connectivity index (χ0n) is 17.2. The summed E-state index contributed by atoms with van der Waals surface area (Å²) in [6.45, 7) is 0. The number of carbonyl (C=O) groups is 1. The van der Waals surface area contributed by atoms with Crippen LogP contribution >= 0.6 is 0 Å². The van der Waals surface area contributed by atoms with Crippen LogP contribution in [0.25, 0.3) is 5.65 Å². The van der Waals surface area contributed by atoms with Crippen molar-refractivity contribution in [3.05, 3.63) is 36.2 Å². The SMILES string of the molecule is CNc1cc(Nc2cccnc2OC2CC2)nc2c(C(=O)NC3CCC(O)C3)cnn12. The molecule has 2 saturated carbocycles. The van der Waals surface area contributed by atoms with Gasteiger partial charge in [0.05, 0.1) is 12.3 Å². The second kappa shape index (κ2) is 8.03. The van der Waals surface area contributed by atoms with E-state index in [1.807, 2.05) is 18.2 Å². The number of fused-ring (bicyclic) bond motifs is 1. The van der Waals surface area contributed by atoms with Gasteiger partial charge in [-0.2, -0.15) is 9.61 Å². The van der Waals surface area contributed by atoms with Crippen molar-refractivity contribution in [2.24, 2.45) is 0 Å². The molecule has 2 atom stereocenters. The van der Waals surface area contributed by atoms with E-state index in [9.17, 15) is 9.90 Å². The highest BCUT2D eigenvalue weighted by Crippen LogP contribution is 2.32. The quantitative estimate of drug-likeness (QED) is 0.455. The number of carbonyl (C=O) groups excluding carboxylic acids is 1. The third-order valence-electron chi connectivity index (χ3n) is 5.55. The average Bonchev–Trinajstić information content (AvgIpc) is 3.32. The van der Waals surface area contributed by atoms with Gasteiger partial charge in [0.25, 0.3) is 5.91 Å². The number of aromatic nitrogens is 4. The molecule has 4 N–H and O–H groups in total. The van der Waals surface area contributed by atoms with E-state index in [2.05, 4.69) is 31.0 Å². The molecule has 0 saturated heterocycles. The van der Waals surface area contributed by atoms with Gasteiger partial charge in [0.1, 0.15) is 29.0 Å². The predicted octanol–water partition coefficient (Wildman–Crippen LogP) is 2.09. The molecule has 10 nitrogen and oxygen atoms in total. The lowest BCUT2D eigenvalue weighted by Gasteiger charge is -2.14. The molecular weight excluding hydrogens is 398 g/mol. The first-order valence-corrected chi connectivity index (χ1v) is 10.5. The van der Waals surface area contributed by atoms with Crippen LogP contribution in [0.5, 0.6) is 5.88 Å². The minimum Gasteiger partial charge on any atom is -0.473 e. The van der Waals surface area contributed by atoms with E-state index >= 15 is 0 Å². The zero-order valence-corrected chi connectivity index (χ0v) is 17.2. The largest absolute Gasteiger partial charge is 0.473 e. The number of ether oxygens (including phenoxy) is 1. The van der Waals surface area contributed by atoms with Crippen molar-refractivity contribution in [1.29, 1.82) is 0 Å². The molecular formula is C21H25N7O3. The van der Waals surface area contributed by atoms with E-state index in [0.717, 1.165) is 19.3 Å². The van der Waals surface area contributed by atoms with Gasteiger partial charge >= 0.3 is 0 Å². The lowest BCUT2D eigenvalue weighted by atomic mass is 10.2. The van der Waals surface area contributed by atoms with Crippen molar-refractivity contribution in [3.8, 4) is 5.88 Å². The molecule has 5 rings (SSSR count). The molecule has 3 aromatic rings. The summed E-state index contributed by atoms with van der Waals surface area (Å²) in [5.74, 6) is 1.50. The number of hydrogen-bond acceptors (Lipinski definition) is 8. The summed E-state index contributed by atoms with van der Waals surface area (Å²) in [6, 6.07) is 5.47. The molecule has 0 bridgehead atoms. The van der Waals surface area contributed by atoms with E-state index in [-0.39, 0.29) is 24.2 Å². The number of nitrogens with one attached hydrogen (secondary N) is 3. The Kier molecular flexibility index (Phi) is 5.06. The second-order valence-electron chi connectivity index (χ2n) is 8.01. The van der Waals surface area contributed by atoms with Crippen molar-refractivity contribution in [1.82, 2.24) is 24.9 Å². The normalized spacial score (nSPS) is 20.6. The van der Waals surface area contributed by atoms with Crippen LogP contribution in [0.2, 0.25) is 0 Å². The van der Waals surface area contributed by atoms with Crippen molar-refractivity contribution in [3.63, 3.8) is 0 Å². The van der Waals surface area contributed by atoms with Gasteiger partial charge in [-0.25, -0.2) is 9.97 Å². The van der Waals surface area contributed by atoms with E-state index < -0.39 is 0 Å². The number of amides is 1. The summed E-state index contributed by atoms with van der Waals surface area (Å²) in [5.41, 5.74) is 1.51. The van der Waals surface area contributed by atoms with Gasteiger partial charge in [-0.15, -0.1) is 0 Å². The molecule has 2 aliphatic carbocycles. The topological polar surface area (TPSA) is 126 Å². The molecule has 0 aromatic carbocycles. The molecule has 0 spiro atoms. The van der Waals surface area contributed by atoms with Crippen LogP contribution < -0.4 is 20.7 Å². The molecule has 2 aliphatic rings. The Balaban J connectivity index is 1.44. The first kappa shape index (κ1) is 19.6. The first-order chi connectivity index (χ1) is 15.1. The maximum absolute atomic E-state index is 12.9. The molecule has 2 fully saturated rings. The number of nitrogens with zero attached hydrogens (tertiary/aromatic N) is 4. The lowest BCUT2D eigenvalue weighted by molar-refractivity contribution is 0.0935. The first-order valence-electron chi connectivity index (χ1n) is 10.5. The van der Waals surface area contributed by atoms with Gasteiger partial charge in [0.15, 0.2) is 5.65 Å². The average molecular weight is 423 g/mol. The summed E-state index contributed by atoms with van der Waals surface area (Å²) in [6.07, 6.45) is 7.18. The van der Waals surface area contributed by atoms with Gasteiger partial charge in [0.2, 0.25) is 5.88 Å². The molecule has 162 valence electrons. The van der Waals surface area contributed by atoms with Crippen molar-refractivity contribution >= 4 is 28.9 Å². The Labute approximate surface area is 179 Å². The van der Waals surface area contributed by atoms with Gasteiger partial charge in [0, 0.05) is 25.4 Å². The van der Waals surface area contributed by atoms with Gasteiger partial charge in [-0.1, -0.05) is 0 Å². The van der Waals surface area contributed by atoms with E-state index in [0.29, 0.717) is 47.3 Å². The summed E-state index contributed by atoms with van der Waals surface area (Å²) >= 11 is 0. The van der Waals surface area contributed by atoms with Crippen LogP contribution in [0.15, 0.2) is 30.6 Å². The van der Waals surface area contributed by atoms with Crippen LogP contribution in [0.3, 0.4) is 0 Å². The predicted molar refractivity (Wildman–Crippen MR) is 115 cm³/mol. The second-order valence-corrected chi connectivity index (χ2v) is 8.01. The summed E-state index contributed by atoms with van der Waals surface area (Å²) < 4.78 is 7.48. The molecule has 3 aromatic heterocycles. The monoisotopic (exact) mass is 423 g/mol. The maximum atomic E-state index is 12.9. The number of aliphatic hydroxyl groups excluding tert-OH is 1. The van der Waals surface area contributed by atoms with Crippen LogP contribution in [0.1, 0.15) is 42.5 Å². The smallest absolute Gasteiger partial charge is 0.256 e. The Bertz CT molecular complexity index is 1110. The number of aliphatic hydroxyl groups is 1. The standard InChI is InChI=1S/C21H25N7O3/c1-22-18-10-17(26-16-3-2-8-23-21(16)31-14-6-7-14)27-19-15(11-24-28(18)19)20(30)25-12-4-5-13(29)9-12/h2-3,8,10-14,22,29H,4-7,9H2,1H3,(H,25,30)(H,26,27). The Morgan fingerprint density at radius 1 is 1.29 bits per heavy atom. The molecule has 0 radical (unpaired) electrons. The fourth-order valence-corrected chi connectivity index (χ4v) is 3.78. The zero-order chi connectivity index (χ0) is 21.4. The van der Waals surface area contributed by atoms with Crippen LogP contribution in [0, 0.1) is 0 Å². The highest BCUT2D eigenvalue weighted by molar-refractivity contribution is 6.00. The Morgan fingerprint density at radius 3 is 2.90 bits per heavy atom. The van der Waals surface area contributed by atoms with Crippen molar-refractivity contribution in [2.45, 2.75) is 50.4 Å². The van der Waals surface area contributed by atoms with Crippen LogP contribution in [-0.2, 0) is 0 Å². The number of hydrogen-bond donors (Lipinski definition) is 4. The fourth-order valence-electron chi connectivity index (χ4n) is 3.78. The summed E-state index contributed by atoms with van der Waals surface area (Å²) in [7, 11) is 1.78. The van der Waals surface area contributed by atoms with Crippen LogP contribution in [-0.4, -0.2) is 55.9 Å². The highest BCUT2D eigenvalue weighted by Gasteiger charge is 2.27. The third kappa shape index (κ3) is 4.11. The minimum atomic E-state index is -0.356. The fraction of sp³-hybridized carbons (Fsp3) is 0.429. The van der Waals surface area contributed by atoms with Crippen molar-refractivity contribution < 1.29 is 14.6 Å². The molecule has 1 amide bonds. The van der Waals surface area contributed by atoms with Crippen LogP contribution in [0.4, 0.5) is 17.3 Å². The third-order valence-corrected chi connectivity index (χ3v) is 5.55. The molecule has 0 aliphatic heterocycles. The summed E-state index contributed by atoms with van der Waals surface area (Å²) in [4.78, 5) is 21.8. The van der Waals surface area contributed by atoms with Gasteiger partial charge < -0.3 is 25.8 Å². The van der Waals surface area contributed by atoms with Gasteiger partial charge in [-0.05, 0) is 44.2 Å². The summed E-state index contributed by atoms with van der Waals surface area (Å²) in [5, 5.41) is 23.4. The van der Waals surface area contributed by atoms with E-state index in [4.69, 9.17) is 4.74 Å². The number of anilines is 3. The van der Waals surface area contributed by atoms with E-state index in [1.54, 1.807) is 17.8 Å².